The Labute approximate surface area is 122 Å². The molecule has 2 aromatic rings. The Hall–Kier alpha value is -2.58. The van der Waals surface area contributed by atoms with Gasteiger partial charge in [0.15, 0.2) is 0 Å². The van der Waals surface area contributed by atoms with Crippen molar-refractivity contribution >= 4 is 5.97 Å². The fourth-order valence-electron chi connectivity index (χ4n) is 2.43. The average Bonchev–Trinajstić information content (AvgIpc) is 2.94. The molecule has 0 bridgehead atoms. The van der Waals surface area contributed by atoms with Crippen molar-refractivity contribution in [3.63, 3.8) is 0 Å². The van der Waals surface area contributed by atoms with Crippen LogP contribution in [0.2, 0.25) is 0 Å². The number of nitrogens with zero attached hydrogens (tertiary/aromatic N) is 2. The first kappa shape index (κ1) is 13.4. The number of aromatic nitrogens is 2. The summed E-state index contributed by atoms with van der Waals surface area (Å²) in [6, 6.07) is 7.51. The molecule has 0 amide bonds. The van der Waals surface area contributed by atoms with Gasteiger partial charge in [0.25, 0.3) is 0 Å². The Morgan fingerprint density at radius 1 is 1.52 bits per heavy atom. The SMILES string of the molecule is C#Cc1cccc(-c2nc(C(=O)OC)n3c2COCC3)c1. The molecule has 5 nitrogen and oxygen atoms in total. The van der Waals surface area contributed by atoms with E-state index in [9.17, 15) is 4.79 Å². The molecule has 21 heavy (non-hydrogen) atoms. The molecule has 0 saturated carbocycles. The van der Waals surface area contributed by atoms with Crippen LogP contribution in [0.4, 0.5) is 0 Å². The van der Waals surface area contributed by atoms with E-state index >= 15 is 0 Å². The van der Waals surface area contributed by atoms with Crippen LogP contribution in [0.1, 0.15) is 21.9 Å². The second-order valence-electron chi connectivity index (χ2n) is 4.65. The smallest absolute Gasteiger partial charge is 0.374 e. The minimum Gasteiger partial charge on any atom is -0.463 e. The van der Waals surface area contributed by atoms with E-state index in [2.05, 4.69) is 10.9 Å². The van der Waals surface area contributed by atoms with Gasteiger partial charge in [-0.3, -0.25) is 0 Å². The molecular weight excluding hydrogens is 268 g/mol. The Balaban J connectivity index is 2.16. The van der Waals surface area contributed by atoms with Crippen LogP contribution in [-0.4, -0.2) is 29.2 Å². The highest BCUT2D eigenvalue weighted by atomic mass is 16.5. The summed E-state index contributed by atoms with van der Waals surface area (Å²) >= 11 is 0. The van der Waals surface area contributed by atoms with Gasteiger partial charge >= 0.3 is 5.97 Å². The molecule has 106 valence electrons. The molecule has 0 unspecified atom stereocenters. The molecule has 2 heterocycles. The first-order chi connectivity index (χ1) is 10.2. The first-order valence-corrected chi connectivity index (χ1v) is 6.57. The molecule has 0 radical (unpaired) electrons. The van der Waals surface area contributed by atoms with Gasteiger partial charge in [0.2, 0.25) is 5.82 Å². The zero-order valence-corrected chi connectivity index (χ0v) is 11.6. The number of rotatable bonds is 2. The Bertz CT molecular complexity index is 740. The summed E-state index contributed by atoms with van der Waals surface area (Å²) in [6.45, 7) is 1.55. The summed E-state index contributed by atoms with van der Waals surface area (Å²) in [5, 5.41) is 0. The zero-order chi connectivity index (χ0) is 14.8. The van der Waals surface area contributed by atoms with E-state index in [1.165, 1.54) is 7.11 Å². The van der Waals surface area contributed by atoms with Gasteiger partial charge in [0, 0.05) is 17.7 Å². The van der Waals surface area contributed by atoms with E-state index in [0.29, 0.717) is 31.3 Å². The zero-order valence-electron chi connectivity index (χ0n) is 11.6. The number of methoxy groups -OCH3 is 1. The molecule has 1 aromatic heterocycles. The summed E-state index contributed by atoms with van der Waals surface area (Å²) in [7, 11) is 1.35. The molecule has 1 aliphatic rings. The van der Waals surface area contributed by atoms with Crippen molar-refractivity contribution in [1.29, 1.82) is 0 Å². The lowest BCUT2D eigenvalue weighted by molar-refractivity contribution is 0.0553. The van der Waals surface area contributed by atoms with Gasteiger partial charge in [-0.2, -0.15) is 0 Å². The highest BCUT2D eigenvalue weighted by molar-refractivity contribution is 5.87. The summed E-state index contributed by atoms with van der Waals surface area (Å²) in [4.78, 5) is 16.3. The lowest BCUT2D eigenvalue weighted by Crippen LogP contribution is -2.21. The Kier molecular flexibility index (Phi) is 3.46. The van der Waals surface area contributed by atoms with E-state index in [-0.39, 0.29) is 0 Å². The van der Waals surface area contributed by atoms with E-state index in [1.54, 1.807) is 0 Å². The lowest BCUT2D eigenvalue weighted by Gasteiger charge is -2.17. The number of imidazole rings is 1. The lowest BCUT2D eigenvalue weighted by atomic mass is 10.1. The van der Waals surface area contributed by atoms with Gasteiger partial charge in [0.1, 0.15) is 0 Å². The number of hydrogen-bond acceptors (Lipinski definition) is 4. The maximum Gasteiger partial charge on any atom is 0.374 e. The number of carbonyl (C=O) groups excluding carboxylic acids is 1. The fraction of sp³-hybridized carbons (Fsp3) is 0.250. The highest BCUT2D eigenvalue weighted by Crippen LogP contribution is 2.28. The average molecular weight is 282 g/mol. The van der Waals surface area contributed by atoms with Crippen LogP contribution >= 0.6 is 0 Å². The highest BCUT2D eigenvalue weighted by Gasteiger charge is 2.25. The monoisotopic (exact) mass is 282 g/mol. The van der Waals surface area contributed by atoms with Gasteiger partial charge in [-0.15, -0.1) is 6.42 Å². The Morgan fingerprint density at radius 2 is 2.38 bits per heavy atom. The maximum absolute atomic E-state index is 11.9. The third kappa shape index (κ3) is 2.30. The van der Waals surface area contributed by atoms with E-state index in [1.807, 2.05) is 28.8 Å². The van der Waals surface area contributed by atoms with Gasteiger partial charge in [-0.1, -0.05) is 18.1 Å². The molecule has 0 N–H and O–H groups in total. The normalized spacial score (nSPS) is 13.3. The second kappa shape index (κ2) is 5.43. The second-order valence-corrected chi connectivity index (χ2v) is 4.65. The number of esters is 1. The van der Waals surface area contributed by atoms with E-state index < -0.39 is 5.97 Å². The summed E-state index contributed by atoms with van der Waals surface area (Å²) in [5.74, 6) is 2.46. The quantitative estimate of drug-likeness (QED) is 0.623. The number of terminal acetylenes is 1. The number of fused-ring (bicyclic) bond motifs is 1. The van der Waals surface area contributed by atoms with Crippen LogP contribution in [-0.2, 0) is 22.6 Å². The maximum atomic E-state index is 11.9. The molecule has 3 rings (SSSR count). The predicted octanol–water partition coefficient (Wildman–Crippen LogP) is 1.85. The minimum atomic E-state index is -0.447. The van der Waals surface area contributed by atoms with Crippen LogP contribution in [0.5, 0.6) is 0 Å². The number of benzene rings is 1. The molecule has 5 heteroatoms. The van der Waals surface area contributed by atoms with Gasteiger partial charge in [-0.25, -0.2) is 9.78 Å². The molecular formula is C16H14N2O3. The van der Waals surface area contributed by atoms with Gasteiger partial charge < -0.3 is 14.0 Å². The molecule has 0 fully saturated rings. The van der Waals surface area contributed by atoms with Crippen molar-refractivity contribution in [2.75, 3.05) is 13.7 Å². The molecule has 0 spiro atoms. The summed E-state index contributed by atoms with van der Waals surface area (Å²) in [6.07, 6.45) is 5.44. The van der Waals surface area contributed by atoms with Gasteiger partial charge in [-0.05, 0) is 12.1 Å². The van der Waals surface area contributed by atoms with Crippen molar-refractivity contribution in [3.05, 3.63) is 41.3 Å². The van der Waals surface area contributed by atoms with Crippen LogP contribution in [0, 0.1) is 12.3 Å². The summed E-state index contributed by atoms with van der Waals surface area (Å²) < 4.78 is 12.1. The largest absolute Gasteiger partial charge is 0.463 e. The minimum absolute atomic E-state index is 0.303. The van der Waals surface area contributed by atoms with E-state index in [4.69, 9.17) is 15.9 Å². The van der Waals surface area contributed by atoms with Crippen LogP contribution in [0.25, 0.3) is 11.3 Å². The standard InChI is InChI=1S/C16H14N2O3/c1-3-11-5-4-6-12(9-11)14-13-10-21-8-7-18(13)15(17-14)16(19)20-2/h1,4-6,9H,7-8,10H2,2H3. The van der Waals surface area contributed by atoms with Crippen molar-refractivity contribution in [2.45, 2.75) is 13.2 Å². The first-order valence-electron chi connectivity index (χ1n) is 6.57. The van der Waals surface area contributed by atoms with Gasteiger partial charge in [0.05, 0.1) is 31.7 Å². The number of carbonyl (C=O) groups is 1. The van der Waals surface area contributed by atoms with E-state index in [0.717, 1.165) is 16.8 Å². The fourth-order valence-corrected chi connectivity index (χ4v) is 2.43. The molecule has 0 atom stereocenters. The third-order valence-electron chi connectivity index (χ3n) is 3.44. The van der Waals surface area contributed by atoms with Crippen molar-refractivity contribution in [3.8, 4) is 23.6 Å². The number of ether oxygens (including phenoxy) is 2. The van der Waals surface area contributed by atoms with Crippen LogP contribution in [0.3, 0.4) is 0 Å². The Morgan fingerprint density at radius 3 is 3.14 bits per heavy atom. The van der Waals surface area contributed by atoms with Crippen LogP contribution in [0.15, 0.2) is 24.3 Å². The summed E-state index contributed by atoms with van der Waals surface area (Å²) in [5.41, 5.74) is 3.23. The van der Waals surface area contributed by atoms with Crippen molar-refractivity contribution < 1.29 is 14.3 Å². The third-order valence-corrected chi connectivity index (χ3v) is 3.44. The molecule has 0 aliphatic carbocycles. The number of hydrogen-bond donors (Lipinski definition) is 0. The van der Waals surface area contributed by atoms with Crippen molar-refractivity contribution in [1.82, 2.24) is 9.55 Å². The predicted molar refractivity (Wildman–Crippen MR) is 76.6 cm³/mol. The molecule has 0 saturated heterocycles. The topological polar surface area (TPSA) is 53.3 Å². The van der Waals surface area contributed by atoms with Crippen molar-refractivity contribution in [2.24, 2.45) is 0 Å². The molecule has 1 aromatic carbocycles. The van der Waals surface area contributed by atoms with Crippen LogP contribution < -0.4 is 0 Å². The molecule has 1 aliphatic heterocycles.